The highest BCUT2D eigenvalue weighted by molar-refractivity contribution is 5.23. The number of benzene rings is 1. The average Bonchev–Trinajstić information content (AvgIpc) is 1.94. The Labute approximate surface area is 54.5 Å². The number of hydrogen-bond donors (Lipinski definition) is 0. The van der Waals surface area contributed by atoms with Gasteiger partial charge in [-0.05, 0) is 12.1 Å². The second-order valence-corrected chi connectivity index (χ2v) is 1.57. The molecule has 0 aliphatic heterocycles. The predicted octanol–water partition coefficient (Wildman–Crippen LogP) is 1.83. The SMILES string of the molecule is [2H]COc1ccccc1F. The molecule has 2 heteroatoms. The van der Waals surface area contributed by atoms with E-state index in [2.05, 4.69) is 4.74 Å². The summed E-state index contributed by atoms with van der Waals surface area (Å²) in [6.45, 7) is 0. The number of para-hydroxylation sites is 1. The minimum atomic E-state index is -0.422. The molecule has 0 amide bonds. The first-order valence-corrected chi connectivity index (χ1v) is 2.51. The van der Waals surface area contributed by atoms with E-state index in [0.717, 1.165) is 0 Å². The van der Waals surface area contributed by atoms with E-state index in [1.54, 1.807) is 12.1 Å². The zero-order chi connectivity index (χ0) is 7.40. The Hall–Kier alpha value is -1.05. The zero-order valence-corrected chi connectivity index (χ0v) is 4.80. The summed E-state index contributed by atoms with van der Waals surface area (Å²) in [6, 6.07) is 6.02. The molecule has 0 aliphatic rings. The molecular formula is C7H7FO. The van der Waals surface area contributed by atoms with Gasteiger partial charge >= 0.3 is 0 Å². The van der Waals surface area contributed by atoms with Crippen LogP contribution in [-0.4, -0.2) is 7.09 Å². The van der Waals surface area contributed by atoms with Gasteiger partial charge in [-0.1, -0.05) is 12.1 Å². The molecule has 1 nitrogen and oxygen atoms in total. The van der Waals surface area contributed by atoms with Crippen molar-refractivity contribution in [2.75, 3.05) is 7.09 Å². The van der Waals surface area contributed by atoms with Gasteiger partial charge in [0.2, 0.25) is 0 Å². The first kappa shape index (κ1) is 4.79. The first-order valence-electron chi connectivity index (χ1n) is 3.22. The molecule has 0 aliphatic carbocycles. The topological polar surface area (TPSA) is 9.23 Å². The van der Waals surface area contributed by atoms with Crippen molar-refractivity contribution in [3.05, 3.63) is 30.1 Å². The van der Waals surface area contributed by atoms with Crippen LogP contribution in [0, 0.1) is 5.82 Å². The normalized spacial score (nSPS) is 10.6. The van der Waals surface area contributed by atoms with Crippen LogP contribution in [0.1, 0.15) is 1.37 Å². The lowest BCUT2D eigenvalue weighted by Gasteiger charge is -1.97. The number of hydrogen-bond acceptors (Lipinski definition) is 1. The molecule has 1 aromatic carbocycles. The molecule has 0 saturated heterocycles. The molecule has 1 aromatic rings. The molecular weight excluding hydrogens is 119 g/mol. The van der Waals surface area contributed by atoms with Crippen molar-refractivity contribution in [2.24, 2.45) is 0 Å². The third kappa shape index (κ3) is 1.19. The Balaban J connectivity index is 2.81. The van der Waals surface area contributed by atoms with Crippen LogP contribution < -0.4 is 4.74 Å². The summed E-state index contributed by atoms with van der Waals surface area (Å²) < 4.78 is 23.8. The van der Waals surface area contributed by atoms with Crippen LogP contribution in [0.3, 0.4) is 0 Å². The lowest BCUT2D eigenvalue weighted by Crippen LogP contribution is -1.85. The van der Waals surface area contributed by atoms with Crippen molar-refractivity contribution in [1.29, 1.82) is 0 Å². The molecule has 0 N–H and O–H groups in total. The van der Waals surface area contributed by atoms with Crippen LogP contribution in [0.5, 0.6) is 5.75 Å². The van der Waals surface area contributed by atoms with Crippen LogP contribution in [0.4, 0.5) is 4.39 Å². The van der Waals surface area contributed by atoms with Gasteiger partial charge in [0.05, 0.1) is 8.46 Å². The van der Waals surface area contributed by atoms with Crippen molar-refractivity contribution in [3.63, 3.8) is 0 Å². The second kappa shape index (κ2) is 2.49. The smallest absolute Gasteiger partial charge is 0.165 e. The van der Waals surface area contributed by atoms with E-state index >= 15 is 0 Å². The summed E-state index contributed by atoms with van der Waals surface area (Å²) in [5.41, 5.74) is 0. The van der Waals surface area contributed by atoms with E-state index in [-0.39, 0.29) is 12.8 Å². The fourth-order valence-electron chi connectivity index (χ4n) is 0.562. The van der Waals surface area contributed by atoms with Crippen molar-refractivity contribution in [3.8, 4) is 5.75 Å². The number of methoxy groups -OCH3 is 1. The molecule has 0 fully saturated rings. The maximum Gasteiger partial charge on any atom is 0.165 e. The zero-order valence-electron chi connectivity index (χ0n) is 5.80. The van der Waals surface area contributed by atoms with E-state index < -0.39 is 5.82 Å². The van der Waals surface area contributed by atoms with E-state index in [0.29, 0.717) is 0 Å². The summed E-state index contributed by atoms with van der Waals surface area (Å²) in [5.74, 6) is -0.285. The maximum absolute atomic E-state index is 12.6. The van der Waals surface area contributed by atoms with Crippen molar-refractivity contribution >= 4 is 0 Å². The molecule has 0 radical (unpaired) electrons. The van der Waals surface area contributed by atoms with E-state index in [4.69, 9.17) is 1.37 Å². The summed E-state index contributed by atoms with van der Waals surface area (Å²) in [6.07, 6.45) is 0. The molecule has 1 rings (SSSR count). The molecule has 0 spiro atoms. The highest BCUT2D eigenvalue weighted by atomic mass is 19.1. The summed E-state index contributed by atoms with van der Waals surface area (Å²) in [4.78, 5) is 0. The Kier molecular flexibility index (Phi) is 1.32. The van der Waals surface area contributed by atoms with Gasteiger partial charge in [0.15, 0.2) is 11.6 Å². The van der Waals surface area contributed by atoms with Gasteiger partial charge in [0, 0.05) is 0 Å². The van der Waals surface area contributed by atoms with E-state index in [9.17, 15) is 4.39 Å². The fraction of sp³-hybridized carbons (Fsp3) is 0.143. The number of rotatable bonds is 1. The lowest BCUT2D eigenvalue weighted by molar-refractivity contribution is 0.386. The Bertz CT molecular complexity index is 215. The van der Waals surface area contributed by atoms with Crippen LogP contribution in [-0.2, 0) is 0 Å². The van der Waals surface area contributed by atoms with Crippen molar-refractivity contribution in [1.82, 2.24) is 0 Å². The number of ether oxygens (including phenoxy) is 1. The quantitative estimate of drug-likeness (QED) is 0.559. The summed E-state index contributed by atoms with van der Waals surface area (Å²) >= 11 is 0. The minimum absolute atomic E-state index is 0.137. The molecule has 0 unspecified atom stereocenters. The molecule has 9 heavy (non-hydrogen) atoms. The first-order chi connectivity index (χ1) is 4.84. The fourth-order valence-corrected chi connectivity index (χ4v) is 0.562. The molecule has 0 heterocycles. The van der Waals surface area contributed by atoms with Gasteiger partial charge < -0.3 is 4.74 Å². The Morgan fingerprint density at radius 3 is 3.00 bits per heavy atom. The van der Waals surface area contributed by atoms with Gasteiger partial charge in [-0.3, -0.25) is 0 Å². The second-order valence-electron chi connectivity index (χ2n) is 1.57. The Morgan fingerprint density at radius 1 is 1.56 bits per heavy atom. The van der Waals surface area contributed by atoms with Gasteiger partial charge in [-0.15, -0.1) is 0 Å². The highest BCUT2D eigenvalue weighted by Gasteiger charge is 1.95. The predicted molar refractivity (Wildman–Crippen MR) is 33.0 cm³/mol. The standard InChI is InChI=1S/C7H7FO/c1-9-7-5-3-2-4-6(7)8/h2-5H,1H3/i1D. The third-order valence-corrected chi connectivity index (χ3v) is 0.992. The van der Waals surface area contributed by atoms with Crippen LogP contribution >= 0.6 is 0 Å². The highest BCUT2D eigenvalue weighted by Crippen LogP contribution is 2.13. The largest absolute Gasteiger partial charge is 0.494 e. The van der Waals surface area contributed by atoms with Gasteiger partial charge in [0.1, 0.15) is 0 Å². The maximum atomic E-state index is 12.6. The Morgan fingerprint density at radius 2 is 2.33 bits per heavy atom. The van der Waals surface area contributed by atoms with E-state index in [1.807, 2.05) is 0 Å². The van der Waals surface area contributed by atoms with Crippen molar-refractivity contribution in [2.45, 2.75) is 0 Å². The molecule has 48 valence electrons. The monoisotopic (exact) mass is 127 g/mol. The van der Waals surface area contributed by atoms with Crippen LogP contribution in [0.15, 0.2) is 24.3 Å². The number of halogens is 1. The van der Waals surface area contributed by atoms with Gasteiger partial charge in [-0.25, -0.2) is 4.39 Å². The van der Waals surface area contributed by atoms with E-state index in [1.165, 1.54) is 12.1 Å². The van der Waals surface area contributed by atoms with Crippen LogP contribution in [0.2, 0.25) is 0 Å². The van der Waals surface area contributed by atoms with Gasteiger partial charge in [-0.2, -0.15) is 0 Å². The van der Waals surface area contributed by atoms with Crippen molar-refractivity contribution < 1.29 is 10.5 Å². The third-order valence-electron chi connectivity index (χ3n) is 0.992. The lowest BCUT2D eigenvalue weighted by atomic mass is 10.3. The molecule has 0 aromatic heterocycles. The molecule has 0 bridgehead atoms. The summed E-state index contributed by atoms with van der Waals surface area (Å²) in [7, 11) is -0.249. The summed E-state index contributed by atoms with van der Waals surface area (Å²) in [5, 5.41) is 0. The molecule has 0 saturated carbocycles. The molecule has 0 atom stereocenters. The average molecular weight is 127 g/mol. The van der Waals surface area contributed by atoms with Crippen LogP contribution in [0.25, 0.3) is 0 Å². The van der Waals surface area contributed by atoms with Gasteiger partial charge in [0.25, 0.3) is 0 Å². The minimum Gasteiger partial charge on any atom is -0.494 e.